The van der Waals surface area contributed by atoms with E-state index >= 15 is 0 Å². The third-order valence-electron chi connectivity index (χ3n) is 3.71. The van der Waals surface area contributed by atoms with Crippen LogP contribution in [0.1, 0.15) is 5.56 Å². The molecule has 7 heteroatoms. The third kappa shape index (κ3) is 3.79. The molecule has 1 heterocycles. The summed E-state index contributed by atoms with van der Waals surface area (Å²) in [5.74, 6) is 3.01. The summed E-state index contributed by atoms with van der Waals surface area (Å²) in [7, 11) is -3.70. The Kier molecular flexibility index (Phi) is 4.24. The first kappa shape index (κ1) is 16.4. The Balaban J connectivity index is 1.46. The van der Waals surface area contributed by atoms with Gasteiger partial charge in [0, 0.05) is 12.1 Å². The maximum atomic E-state index is 11.4. The highest BCUT2D eigenvalue weighted by atomic mass is 32.2. The van der Waals surface area contributed by atoms with Crippen LogP contribution in [0.5, 0.6) is 28.7 Å². The Morgan fingerprint density at radius 1 is 0.769 bits per heavy atom. The average molecular weight is 369 g/mol. The molecule has 0 fully saturated rings. The zero-order chi connectivity index (χ0) is 18.0. The van der Waals surface area contributed by atoms with E-state index in [0.29, 0.717) is 28.6 Å². The maximum Gasteiger partial charge on any atom is 0.382 e. The van der Waals surface area contributed by atoms with Crippen LogP contribution in [0.3, 0.4) is 0 Å². The van der Waals surface area contributed by atoms with Crippen molar-refractivity contribution in [1.29, 1.82) is 0 Å². The van der Waals surface area contributed by atoms with Gasteiger partial charge in [0.2, 0.25) is 0 Å². The fourth-order valence-electron chi connectivity index (χ4n) is 2.49. The molecule has 1 N–H and O–H groups in total. The average Bonchev–Trinajstić information content (AvgIpc) is 2.64. The van der Waals surface area contributed by atoms with E-state index in [4.69, 9.17) is 13.7 Å². The number of hydrogen-bond donors (Lipinski definition) is 1. The first-order valence-corrected chi connectivity index (χ1v) is 9.31. The second kappa shape index (κ2) is 6.70. The van der Waals surface area contributed by atoms with E-state index in [-0.39, 0.29) is 6.54 Å². The third-order valence-corrected chi connectivity index (χ3v) is 4.61. The molecule has 0 unspecified atom stereocenters. The van der Waals surface area contributed by atoms with E-state index in [1.807, 2.05) is 42.5 Å². The second-order valence-corrected chi connectivity index (χ2v) is 6.98. The molecule has 0 saturated heterocycles. The van der Waals surface area contributed by atoms with Crippen molar-refractivity contribution in [3.8, 4) is 28.7 Å². The van der Waals surface area contributed by atoms with E-state index in [2.05, 4.69) is 4.72 Å². The molecule has 3 aromatic carbocycles. The van der Waals surface area contributed by atoms with Crippen molar-refractivity contribution in [2.75, 3.05) is 0 Å². The lowest BCUT2D eigenvalue weighted by Gasteiger charge is -2.18. The van der Waals surface area contributed by atoms with Crippen molar-refractivity contribution in [2.45, 2.75) is 6.54 Å². The standard InChI is InChI=1S/C19H15NO5S/c21-26(22)20-13-14-12-18(10-11-19(14)25-26)24-17-8-6-16(7-9-17)23-15-4-2-1-3-5-15/h1-12,20H,13H2. The highest BCUT2D eigenvalue weighted by Crippen LogP contribution is 2.31. The highest BCUT2D eigenvalue weighted by Gasteiger charge is 2.22. The summed E-state index contributed by atoms with van der Waals surface area (Å²) in [6.07, 6.45) is 0. The van der Waals surface area contributed by atoms with Crippen molar-refractivity contribution in [3.63, 3.8) is 0 Å². The van der Waals surface area contributed by atoms with E-state index < -0.39 is 10.3 Å². The number of nitrogens with one attached hydrogen (secondary N) is 1. The minimum atomic E-state index is -3.70. The summed E-state index contributed by atoms with van der Waals surface area (Å²) in [5.41, 5.74) is 0.710. The summed E-state index contributed by atoms with van der Waals surface area (Å²) >= 11 is 0. The van der Waals surface area contributed by atoms with E-state index in [1.54, 1.807) is 30.3 Å². The predicted octanol–water partition coefficient (Wildman–Crippen LogP) is 4.00. The molecule has 0 aromatic heterocycles. The molecule has 0 radical (unpaired) electrons. The zero-order valence-electron chi connectivity index (χ0n) is 13.6. The van der Waals surface area contributed by atoms with Crippen molar-refractivity contribution >= 4 is 10.3 Å². The molecular formula is C19H15NO5S. The topological polar surface area (TPSA) is 73.9 Å². The first-order valence-electron chi connectivity index (χ1n) is 7.90. The quantitative estimate of drug-likeness (QED) is 0.752. The molecule has 0 saturated carbocycles. The number of ether oxygens (including phenoxy) is 2. The van der Waals surface area contributed by atoms with Gasteiger partial charge in [0.1, 0.15) is 28.7 Å². The molecule has 6 nitrogen and oxygen atoms in total. The molecule has 3 aromatic rings. The molecule has 0 amide bonds. The van der Waals surface area contributed by atoms with Crippen LogP contribution in [0.4, 0.5) is 0 Å². The molecule has 0 bridgehead atoms. The lowest BCUT2D eigenvalue weighted by atomic mass is 10.2. The Labute approximate surface area is 151 Å². The smallest absolute Gasteiger partial charge is 0.382 e. The summed E-state index contributed by atoms with van der Waals surface area (Å²) in [4.78, 5) is 0. The minimum Gasteiger partial charge on any atom is -0.457 e. The molecule has 26 heavy (non-hydrogen) atoms. The van der Waals surface area contributed by atoms with Gasteiger partial charge in [-0.2, -0.15) is 13.1 Å². The van der Waals surface area contributed by atoms with Crippen molar-refractivity contribution in [2.24, 2.45) is 0 Å². The Morgan fingerprint density at radius 3 is 2.04 bits per heavy atom. The monoisotopic (exact) mass is 369 g/mol. The molecule has 4 rings (SSSR count). The lowest BCUT2D eigenvalue weighted by Crippen LogP contribution is -2.32. The number of fused-ring (bicyclic) bond motifs is 1. The van der Waals surface area contributed by atoms with Gasteiger partial charge in [-0.25, -0.2) is 0 Å². The van der Waals surface area contributed by atoms with Crippen LogP contribution in [0.15, 0.2) is 72.8 Å². The number of para-hydroxylation sites is 1. The van der Waals surface area contributed by atoms with Crippen LogP contribution in [0, 0.1) is 0 Å². The Bertz CT molecular complexity index is 1020. The number of hydrogen-bond acceptors (Lipinski definition) is 5. The van der Waals surface area contributed by atoms with Crippen molar-refractivity contribution in [1.82, 2.24) is 4.72 Å². The molecule has 1 aliphatic heterocycles. The Morgan fingerprint density at radius 2 is 1.35 bits per heavy atom. The van der Waals surface area contributed by atoms with E-state index in [0.717, 1.165) is 5.75 Å². The lowest BCUT2D eigenvalue weighted by molar-refractivity contribution is 0.447. The maximum absolute atomic E-state index is 11.4. The highest BCUT2D eigenvalue weighted by molar-refractivity contribution is 7.85. The van der Waals surface area contributed by atoms with Gasteiger partial charge < -0.3 is 13.7 Å². The fraction of sp³-hybridized carbons (Fsp3) is 0.0526. The first-order chi connectivity index (χ1) is 12.6. The van der Waals surface area contributed by atoms with Crippen LogP contribution in [-0.2, 0) is 16.8 Å². The normalized spacial score (nSPS) is 14.8. The van der Waals surface area contributed by atoms with Crippen LogP contribution < -0.4 is 18.4 Å². The van der Waals surface area contributed by atoms with E-state index in [9.17, 15) is 8.42 Å². The molecule has 0 spiro atoms. The van der Waals surface area contributed by atoms with Gasteiger partial charge in [-0.1, -0.05) is 18.2 Å². The SMILES string of the molecule is O=S1(=O)NCc2cc(Oc3ccc(Oc4ccccc4)cc3)ccc2O1. The predicted molar refractivity (Wildman–Crippen MR) is 95.9 cm³/mol. The van der Waals surface area contributed by atoms with Crippen molar-refractivity contribution < 1.29 is 22.1 Å². The zero-order valence-corrected chi connectivity index (χ0v) is 14.4. The molecule has 0 atom stereocenters. The van der Waals surface area contributed by atoms with Crippen LogP contribution >= 0.6 is 0 Å². The number of rotatable bonds is 4. The van der Waals surface area contributed by atoms with Crippen LogP contribution in [-0.4, -0.2) is 8.42 Å². The molecular weight excluding hydrogens is 354 g/mol. The van der Waals surface area contributed by atoms with Gasteiger partial charge in [0.05, 0.1) is 0 Å². The van der Waals surface area contributed by atoms with Gasteiger partial charge in [-0.15, -0.1) is 0 Å². The minimum absolute atomic E-state index is 0.165. The fourth-order valence-corrected chi connectivity index (χ4v) is 3.28. The molecule has 0 aliphatic carbocycles. The summed E-state index contributed by atoms with van der Waals surface area (Å²) in [5, 5.41) is 0. The second-order valence-electron chi connectivity index (χ2n) is 5.62. The van der Waals surface area contributed by atoms with Gasteiger partial charge in [-0.3, -0.25) is 0 Å². The van der Waals surface area contributed by atoms with Gasteiger partial charge in [-0.05, 0) is 54.6 Å². The summed E-state index contributed by atoms with van der Waals surface area (Å²) in [6, 6.07) is 21.7. The Hall–Kier alpha value is -3.03. The largest absolute Gasteiger partial charge is 0.457 e. The van der Waals surface area contributed by atoms with Gasteiger partial charge in [0.25, 0.3) is 0 Å². The molecule has 1 aliphatic rings. The molecule has 132 valence electrons. The van der Waals surface area contributed by atoms with E-state index in [1.165, 1.54) is 0 Å². The van der Waals surface area contributed by atoms with Crippen LogP contribution in [0.2, 0.25) is 0 Å². The summed E-state index contributed by atoms with van der Waals surface area (Å²) < 4.78 is 41.5. The van der Waals surface area contributed by atoms with Crippen LogP contribution in [0.25, 0.3) is 0 Å². The summed E-state index contributed by atoms with van der Waals surface area (Å²) in [6.45, 7) is 0.165. The van der Waals surface area contributed by atoms with Gasteiger partial charge >= 0.3 is 10.3 Å². The van der Waals surface area contributed by atoms with Gasteiger partial charge in [0.15, 0.2) is 0 Å². The van der Waals surface area contributed by atoms with Crippen molar-refractivity contribution in [3.05, 3.63) is 78.4 Å². The number of benzene rings is 3.